The van der Waals surface area contributed by atoms with Gasteiger partial charge in [-0.25, -0.2) is 4.98 Å². The number of carbonyl (C=O) groups excluding carboxylic acids is 2. The largest absolute Gasteiger partial charge is 0.497 e. The number of thiazole rings is 1. The number of carbonyl (C=O) groups is 2. The quantitative estimate of drug-likeness (QED) is 0.651. The van der Waals surface area contributed by atoms with Gasteiger partial charge in [-0.1, -0.05) is 12.1 Å². The van der Waals surface area contributed by atoms with Crippen molar-refractivity contribution >= 4 is 34.4 Å². The summed E-state index contributed by atoms with van der Waals surface area (Å²) in [6.45, 7) is 0. The van der Waals surface area contributed by atoms with Crippen LogP contribution >= 0.6 is 11.3 Å². The molecule has 2 N–H and O–H groups in total. The Labute approximate surface area is 153 Å². The van der Waals surface area contributed by atoms with Gasteiger partial charge in [0.05, 0.1) is 13.4 Å². The van der Waals surface area contributed by atoms with Gasteiger partial charge in [0, 0.05) is 11.6 Å². The summed E-state index contributed by atoms with van der Waals surface area (Å²) in [5.41, 5.74) is 0.779. The molecule has 0 atom stereocenters. The van der Waals surface area contributed by atoms with Crippen molar-refractivity contribution in [3.05, 3.63) is 71.3 Å². The number of nitrogens with zero attached hydrogens (tertiary/aromatic N) is 1. The summed E-state index contributed by atoms with van der Waals surface area (Å²) in [5, 5.41) is 7.39. The molecule has 0 saturated carbocycles. The predicted octanol–water partition coefficient (Wildman–Crippen LogP) is 3.15. The van der Waals surface area contributed by atoms with E-state index in [9.17, 15) is 9.59 Å². The Bertz CT molecular complexity index is 901. The van der Waals surface area contributed by atoms with Crippen molar-refractivity contribution in [3.63, 3.8) is 0 Å². The Balaban J connectivity index is 1.85. The third-order valence-electron chi connectivity index (χ3n) is 3.32. The van der Waals surface area contributed by atoms with E-state index in [0.29, 0.717) is 10.9 Å². The molecule has 0 aliphatic carbocycles. The summed E-state index contributed by atoms with van der Waals surface area (Å²) < 4.78 is 10.2. The molecule has 132 valence electrons. The predicted molar refractivity (Wildman–Crippen MR) is 97.9 cm³/mol. The average Bonchev–Trinajstić information content (AvgIpc) is 3.35. The van der Waals surface area contributed by atoms with E-state index in [1.54, 1.807) is 55.1 Å². The van der Waals surface area contributed by atoms with E-state index in [1.165, 1.54) is 23.7 Å². The van der Waals surface area contributed by atoms with Crippen molar-refractivity contribution in [1.29, 1.82) is 0 Å². The normalized spacial score (nSPS) is 11.0. The number of rotatable bonds is 6. The number of nitrogens with one attached hydrogen (secondary N) is 2. The van der Waals surface area contributed by atoms with Gasteiger partial charge in [0.2, 0.25) is 0 Å². The second-order valence-electron chi connectivity index (χ2n) is 5.05. The lowest BCUT2D eigenvalue weighted by molar-refractivity contribution is -0.113. The molecule has 8 heteroatoms. The van der Waals surface area contributed by atoms with Crippen LogP contribution in [0.2, 0.25) is 0 Å². The van der Waals surface area contributed by atoms with E-state index in [0.717, 1.165) is 5.56 Å². The molecule has 0 saturated heterocycles. The van der Waals surface area contributed by atoms with Crippen LogP contribution in [0.25, 0.3) is 6.08 Å². The zero-order valence-electron chi connectivity index (χ0n) is 13.8. The Kier molecular flexibility index (Phi) is 5.45. The van der Waals surface area contributed by atoms with Crippen molar-refractivity contribution in [2.24, 2.45) is 0 Å². The number of aromatic nitrogens is 1. The molecule has 0 unspecified atom stereocenters. The summed E-state index contributed by atoms with van der Waals surface area (Å²) in [5.74, 6) is -0.219. The molecule has 0 spiro atoms. The molecule has 7 nitrogen and oxygen atoms in total. The molecule has 26 heavy (non-hydrogen) atoms. The fourth-order valence-corrected chi connectivity index (χ4v) is 2.59. The van der Waals surface area contributed by atoms with E-state index in [2.05, 4.69) is 15.6 Å². The van der Waals surface area contributed by atoms with E-state index >= 15 is 0 Å². The first kappa shape index (κ1) is 17.4. The Morgan fingerprint density at radius 2 is 2.04 bits per heavy atom. The summed E-state index contributed by atoms with van der Waals surface area (Å²) in [7, 11) is 1.57. The highest BCUT2D eigenvalue weighted by Crippen LogP contribution is 2.16. The van der Waals surface area contributed by atoms with Crippen LogP contribution in [-0.2, 0) is 4.79 Å². The number of furan rings is 1. The molecule has 0 aliphatic heterocycles. The van der Waals surface area contributed by atoms with Crippen LogP contribution in [0, 0.1) is 0 Å². The van der Waals surface area contributed by atoms with Crippen LogP contribution in [0.5, 0.6) is 5.75 Å². The molecule has 3 rings (SSSR count). The highest BCUT2D eigenvalue weighted by Gasteiger charge is 2.17. The number of methoxy groups -OCH3 is 1. The topological polar surface area (TPSA) is 93.5 Å². The Hall–Kier alpha value is -3.39. The molecular weight excluding hydrogens is 354 g/mol. The maximum absolute atomic E-state index is 12.6. The van der Waals surface area contributed by atoms with Gasteiger partial charge in [0.25, 0.3) is 11.8 Å². The Morgan fingerprint density at radius 3 is 2.65 bits per heavy atom. The molecule has 3 aromatic rings. The maximum Gasteiger partial charge on any atom is 0.291 e. The second-order valence-corrected chi connectivity index (χ2v) is 5.95. The van der Waals surface area contributed by atoms with Gasteiger partial charge >= 0.3 is 0 Å². The first-order valence-electron chi connectivity index (χ1n) is 7.57. The SMILES string of the molecule is COc1ccc(/C=C(\NC(=O)c2ccco2)C(=O)Nc2nccs2)cc1. The van der Waals surface area contributed by atoms with Crippen molar-refractivity contribution in [2.75, 3.05) is 12.4 Å². The first-order chi connectivity index (χ1) is 12.7. The van der Waals surface area contributed by atoms with Gasteiger partial charge < -0.3 is 14.5 Å². The third-order valence-corrected chi connectivity index (χ3v) is 4.01. The zero-order chi connectivity index (χ0) is 18.4. The number of hydrogen-bond donors (Lipinski definition) is 2. The first-order valence-corrected chi connectivity index (χ1v) is 8.45. The van der Waals surface area contributed by atoms with Gasteiger partial charge in [-0.15, -0.1) is 11.3 Å². The number of hydrogen-bond acceptors (Lipinski definition) is 6. The van der Waals surface area contributed by atoms with E-state index < -0.39 is 11.8 Å². The molecule has 2 heterocycles. The highest BCUT2D eigenvalue weighted by molar-refractivity contribution is 7.13. The summed E-state index contributed by atoms with van der Waals surface area (Å²) in [4.78, 5) is 28.8. The standard InChI is InChI=1S/C18H15N3O4S/c1-24-13-6-4-12(5-7-13)11-14(16(22)21-18-19-8-10-26-18)20-17(23)15-3-2-9-25-15/h2-11H,1H3,(H,20,23)(H,19,21,22)/b14-11-. The van der Waals surface area contributed by atoms with Gasteiger partial charge in [-0.3, -0.25) is 14.9 Å². The van der Waals surface area contributed by atoms with Gasteiger partial charge in [0.15, 0.2) is 10.9 Å². The van der Waals surface area contributed by atoms with Gasteiger partial charge in [-0.05, 0) is 35.9 Å². The lowest BCUT2D eigenvalue weighted by Crippen LogP contribution is -2.30. The Morgan fingerprint density at radius 1 is 1.23 bits per heavy atom. The van der Waals surface area contributed by atoms with Crippen LogP contribution in [0.3, 0.4) is 0 Å². The minimum atomic E-state index is -0.524. The fraction of sp³-hybridized carbons (Fsp3) is 0.0556. The maximum atomic E-state index is 12.6. The number of anilines is 1. The van der Waals surface area contributed by atoms with Gasteiger partial charge in [-0.2, -0.15) is 0 Å². The lowest BCUT2D eigenvalue weighted by atomic mass is 10.1. The minimum Gasteiger partial charge on any atom is -0.497 e. The van der Waals surface area contributed by atoms with Crippen molar-refractivity contribution < 1.29 is 18.7 Å². The van der Waals surface area contributed by atoms with E-state index in [4.69, 9.17) is 9.15 Å². The molecule has 0 aliphatic rings. The molecule has 2 amide bonds. The summed E-state index contributed by atoms with van der Waals surface area (Å²) in [6.07, 6.45) is 4.52. The van der Waals surface area contributed by atoms with E-state index in [1.807, 2.05) is 0 Å². The molecule has 0 fully saturated rings. The summed E-state index contributed by atoms with van der Waals surface area (Å²) in [6, 6.07) is 10.2. The third kappa shape index (κ3) is 4.37. The van der Waals surface area contributed by atoms with Crippen molar-refractivity contribution in [2.45, 2.75) is 0 Å². The molecule has 2 aromatic heterocycles. The van der Waals surface area contributed by atoms with Crippen LogP contribution in [0.1, 0.15) is 16.1 Å². The monoisotopic (exact) mass is 369 g/mol. The summed E-state index contributed by atoms with van der Waals surface area (Å²) >= 11 is 1.28. The highest BCUT2D eigenvalue weighted by atomic mass is 32.1. The van der Waals surface area contributed by atoms with E-state index in [-0.39, 0.29) is 11.5 Å². The smallest absolute Gasteiger partial charge is 0.291 e. The average molecular weight is 369 g/mol. The van der Waals surface area contributed by atoms with Crippen LogP contribution < -0.4 is 15.4 Å². The minimum absolute atomic E-state index is 0.0618. The van der Waals surface area contributed by atoms with Crippen LogP contribution in [-0.4, -0.2) is 23.9 Å². The van der Waals surface area contributed by atoms with Crippen LogP contribution in [0.15, 0.2) is 64.4 Å². The number of amides is 2. The van der Waals surface area contributed by atoms with Crippen molar-refractivity contribution in [1.82, 2.24) is 10.3 Å². The molecule has 0 bridgehead atoms. The molecular formula is C18H15N3O4S. The van der Waals surface area contributed by atoms with Crippen LogP contribution in [0.4, 0.5) is 5.13 Å². The fourth-order valence-electron chi connectivity index (χ4n) is 2.07. The van der Waals surface area contributed by atoms with Crippen molar-refractivity contribution in [3.8, 4) is 5.75 Å². The molecule has 1 aromatic carbocycles. The van der Waals surface area contributed by atoms with Gasteiger partial charge in [0.1, 0.15) is 11.4 Å². The number of benzene rings is 1. The second kappa shape index (κ2) is 8.13. The molecule has 0 radical (unpaired) electrons. The number of ether oxygens (including phenoxy) is 1. The lowest BCUT2D eigenvalue weighted by Gasteiger charge is -2.09. The zero-order valence-corrected chi connectivity index (χ0v) is 14.6.